The Balaban J connectivity index is 1.92. The number of carbonyl (C=O) groups excluding carboxylic acids is 2. The average molecular weight is 627 g/mol. The van der Waals surface area contributed by atoms with Gasteiger partial charge < -0.3 is 15.0 Å². The monoisotopic (exact) mass is 624 g/mol. The van der Waals surface area contributed by atoms with Crippen molar-refractivity contribution in [3.8, 4) is 5.75 Å². The standard InChI is InChI=1S/C28H28BrCl3N2O3/c1-2-3-13-33-28(36)25(15-19-7-5-4-6-8-19)34(17-20-9-11-23(31)24(32)14-20)27(35)18-37-26-12-10-21(30)16-22(26)29/h4-12,14,16,25H,2-3,13,15,17-18H2,1H3,(H,33,36)/t25-/m1/s1. The summed E-state index contributed by atoms with van der Waals surface area (Å²) in [5, 5.41) is 4.32. The molecule has 3 aromatic carbocycles. The van der Waals surface area contributed by atoms with E-state index in [9.17, 15) is 9.59 Å². The molecule has 1 N–H and O–H groups in total. The molecular weight excluding hydrogens is 599 g/mol. The number of unbranched alkanes of at least 4 members (excludes halogenated alkanes) is 1. The summed E-state index contributed by atoms with van der Waals surface area (Å²) in [5.41, 5.74) is 1.68. The van der Waals surface area contributed by atoms with Crippen molar-refractivity contribution in [1.29, 1.82) is 0 Å². The molecule has 0 bridgehead atoms. The molecule has 2 amide bonds. The summed E-state index contributed by atoms with van der Waals surface area (Å²) < 4.78 is 6.44. The largest absolute Gasteiger partial charge is 0.483 e. The summed E-state index contributed by atoms with van der Waals surface area (Å²) in [6.07, 6.45) is 2.13. The minimum absolute atomic E-state index is 0.152. The highest BCUT2D eigenvalue weighted by Crippen LogP contribution is 2.28. The van der Waals surface area contributed by atoms with Crippen molar-refractivity contribution in [2.75, 3.05) is 13.2 Å². The van der Waals surface area contributed by atoms with Gasteiger partial charge in [-0.2, -0.15) is 0 Å². The Labute approximate surface area is 241 Å². The second-order valence-electron chi connectivity index (χ2n) is 8.48. The number of nitrogens with one attached hydrogen (secondary N) is 1. The predicted octanol–water partition coefficient (Wildman–Crippen LogP) is 7.34. The van der Waals surface area contributed by atoms with Crippen LogP contribution in [-0.4, -0.2) is 35.9 Å². The molecule has 0 heterocycles. The molecule has 1 atom stereocenters. The smallest absolute Gasteiger partial charge is 0.261 e. The summed E-state index contributed by atoms with van der Waals surface area (Å²) in [4.78, 5) is 28.6. The van der Waals surface area contributed by atoms with Crippen molar-refractivity contribution < 1.29 is 14.3 Å². The lowest BCUT2D eigenvalue weighted by Crippen LogP contribution is -2.51. The van der Waals surface area contributed by atoms with Gasteiger partial charge in [0.2, 0.25) is 5.91 Å². The minimum atomic E-state index is -0.765. The lowest BCUT2D eigenvalue weighted by molar-refractivity contribution is -0.142. The first-order valence-electron chi connectivity index (χ1n) is 11.9. The Hall–Kier alpha value is -2.25. The van der Waals surface area contributed by atoms with Crippen LogP contribution in [0.15, 0.2) is 71.2 Å². The van der Waals surface area contributed by atoms with Crippen LogP contribution < -0.4 is 10.1 Å². The van der Waals surface area contributed by atoms with E-state index in [1.54, 1.807) is 36.4 Å². The molecule has 9 heteroatoms. The van der Waals surface area contributed by atoms with Crippen molar-refractivity contribution in [2.45, 2.75) is 38.8 Å². The maximum absolute atomic E-state index is 13.6. The number of ether oxygens (including phenoxy) is 1. The van der Waals surface area contributed by atoms with Crippen LogP contribution in [0, 0.1) is 0 Å². The van der Waals surface area contributed by atoms with Gasteiger partial charge in [0.15, 0.2) is 6.61 Å². The van der Waals surface area contributed by atoms with Crippen LogP contribution in [0.5, 0.6) is 5.75 Å². The number of nitrogens with zero attached hydrogens (tertiary/aromatic N) is 1. The highest BCUT2D eigenvalue weighted by molar-refractivity contribution is 9.10. The predicted molar refractivity (Wildman–Crippen MR) is 154 cm³/mol. The molecule has 0 aliphatic heterocycles. The molecule has 5 nitrogen and oxygen atoms in total. The molecule has 37 heavy (non-hydrogen) atoms. The Morgan fingerprint density at radius 3 is 2.41 bits per heavy atom. The third kappa shape index (κ3) is 8.92. The number of hydrogen-bond donors (Lipinski definition) is 1. The van der Waals surface area contributed by atoms with Gasteiger partial charge >= 0.3 is 0 Å². The molecule has 0 aliphatic carbocycles. The number of amides is 2. The number of hydrogen-bond acceptors (Lipinski definition) is 3. The molecule has 0 unspecified atom stereocenters. The van der Waals surface area contributed by atoms with Gasteiger partial charge in [0.25, 0.3) is 5.91 Å². The zero-order valence-electron chi connectivity index (χ0n) is 20.4. The van der Waals surface area contributed by atoms with E-state index in [0.717, 1.165) is 24.0 Å². The number of halogens is 4. The van der Waals surface area contributed by atoms with Crippen LogP contribution in [0.25, 0.3) is 0 Å². The topological polar surface area (TPSA) is 58.6 Å². The molecule has 0 aromatic heterocycles. The van der Waals surface area contributed by atoms with Crippen LogP contribution in [0.1, 0.15) is 30.9 Å². The first-order valence-corrected chi connectivity index (χ1v) is 13.8. The van der Waals surface area contributed by atoms with Gasteiger partial charge in [0.1, 0.15) is 11.8 Å². The van der Waals surface area contributed by atoms with E-state index in [0.29, 0.717) is 38.3 Å². The fraction of sp³-hybridized carbons (Fsp3) is 0.286. The highest BCUT2D eigenvalue weighted by atomic mass is 79.9. The molecule has 0 spiro atoms. The van der Waals surface area contributed by atoms with E-state index in [4.69, 9.17) is 39.5 Å². The first kappa shape index (κ1) is 29.3. The lowest BCUT2D eigenvalue weighted by atomic mass is 10.0. The molecule has 0 saturated heterocycles. The third-order valence-corrected chi connectivity index (χ3v) is 7.28. The van der Waals surface area contributed by atoms with E-state index >= 15 is 0 Å². The second-order valence-corrected chi connectivity index (χ2v) is 10.6. The van der Waals surface area contributed by atoms with Crippen LogP contribution in [0.4, 0.5) is 0 Å². The third-order valence-electron chi connectivity index (χ3n) is 5.68. The number of rotatable bonds is 12. The van der Waals surface area contributed by atoms with Crippen LogP contribution in [0.3, 0.4) is 0 Å². The second kappa shape index (κ2) is 14.6. The SMILES string of the molecule is CCCCNC(=O)[C@@H](Cc1ccccc1)N(Cc1ccc(Cl)c(Cl)c1)C(=O)COc1ccc(Cl)cc1Br. The van der Waals surface area contributed by atoms with E-state index in [2.05, 4.69) is 28.2 Å². The molecule has 0 aliphatic rings. The molecule has 0 fully saturated rings. The van der Waals surface area contributed by atoms with Gasteiger partial charge in [-0.25, -0.2) is 0 Å². The fourth-order valence-corrected chi connectivity index (χ4v) is 4.83. The van der Waals surface area contributed by atoms with Gasteiger partial charge in [-0.15, -0.1) is 0 Å². The van der Waals surface area contributed by atoms with Crippen molar-refractivity contribution >= 4 is 62.5 Å². The Morgan fingerprint density at radius 2 is 1.73 bits per heavy atom. The maximum atomic E-state index is 13.6. The van der Waals surface area contributed by atoms with Crippen molar-refractivity contribution in [1.82, 2.24) is 10.2 Å². The summed E-state index contributed by atoms with van der Waals surface area (Å²) >= 11 is 21.8. The summed E-state index contributed by atoms with van der Waals surface area (Å²) in [5.74, 6) is -0.0999. The summed E-state index contributed by atoms with van der Waals surface area (Å²) in [6.45, 7) is 2.47. The van der Waals surface area contributed by atoms with Crippen molar-refractivity contribution in [3.63, 3.8) is 0 Å². The molecule has 3 rings (SSSR count). The Bertz CT molecular complexity index is 1210. The quantitative estimate of drug-likeness (QED) is 0.214. The first-order chi connectivity index (χ1) is 17.8. The zero-order chi connectivity index (χ0) is 26.8. The molecule has 0 saturated carbocycles. The fourth-order valence-electron chi connectivity index (χ4n) is 3.71. The van der Waals surface area contributed by atoms with E-state index < -0.39 is 6.04 Å². The zero-order valence-corrected chi connectivity index (χ0v) is 24.2. The number of carbonyl (C=O) groups is 2. The van der Waals surface area contributed by atoms with Crippen LogP contribution >= 0.6 is 50.7 Å². The van der Waals surface area contributed by atoms with Gasteiger partial charge in [-0.05, 0) is 63.8 Å². The number of benzene rings is 3. The van der Waals surface area contributed by atoms with Gasteiger partial charge in [-0.1, -0.05) is 84.5 Å². The summed E-state index contributed by atoms with van der Waals surface area (Å²) in [6, 6.07) is 19.1. The molecule has 196 valence electrons. The average Bonchev–Trinajstić information content (AvgIpc) is 2.88. The van der Waals surface area contributed by atoms with Crippen LogP contribution in [-0.2, 0) is 22.6 Å². The Kier molecular flexibility index (Phi) is 11.6. The van der Waals surface area contributed by atoms with E-state index in [1.807, 2.05) is 30.3 Å². The summed E-state index contributed by atoms with van der Waals surface area (Å²) in [7, 11) is 0. The molecule has 0 radical (unpaired) electrons. The Morgan fingerprint density at radius 1 is 0.973 bits per heavy atom. The van der Waals surface area contributed by atoms with Gasteiger partial charge in [-0.3, -0.25) is 9.59 Å². The molecule has 3 aromatic rings. The lowest BCUT2D eigenvalue weighted by Gasteiger charge is -2.31. The van der Waals surface area contributed by atoms with Crippen molar-refractivity contribution in [3.05, 3.63) is 97.4 Å². The normalized spacial score (nSPS) is 11.6. The van der Waals surface area contributed by atoms with E-state index in [-0.39, 0.29) is 25.0 Å². The van der Waals surface area contributed by atoms with Gasteiger partial charge in [0.05, 0.1) is 14.5 Å². The van der Waals surface area contributed by atoms with Gasteiger partial charge in [0, 0.05) is 24.5 Å². The van der Waals surface area contributed by atoms with E-state index in [1.165, 1.54) is 4.90 Å². The highest BCUT2D eigenvalue weighted by Gasteiger charge is 2.30. The van der Waals surface area contributed by atoms with Crippen LogP contribution in [0.2, 0.25) is 15.1 Å². The molecular formula is C28H28BrCl3N2O3. The minimum Gasteiger partial charge on any atom is -0.483 e. The maximum Gasteiger partial charge on any atom is 0.261 e. The van der Waals surface area contributed by atoms with Crippen molar-refractivity contribution in [2.24, 2.45) is 0 Å².